The predicted molar refractivity (Wildman–Crippen MR) is 77.2 cm³/mol. The lowest BCUT2D eigenvalue weighted by molar-refractivity contribution is 0.339. The van der Waals surface area contributed by atoms with Gasteiger partial charge < -0.3 is 5.73 Å². The molecule has 0 spiro atoms. The van der Waals surface area contributed by atoms with E-state index in [1.165, 1.54) is 38.2 Å². The molecule has 20 heavy (non-hydrogen) atoms. The predicted octanol–water partition coefficient (Wildman–Crippen LogP) is 2.66. The Labute approximate surface area is 119 Å². The molecule has 0 radical (unpaired) electrons. The molecule has 3 N–H and O–H groups in total. The molecule has 0 heterocycles. The molecule has 1 aromatic rings. The van der Waals surface area contributed by atoms with Gasteiger partial charge in [0.15, 0.2) is 0 Å². The van der Waals surface area contributed by atoms with Crippen LogP contribution in [-0.4, -0.2) is 15.0 Å². The fourth-order valence-electron chi connectivity index (χ4n) is 2.65. The first-order chi connectivity index (χ1) is 9.49. The van der Waals surface area contributed by atoms with E-state index in [1.54, 1.807) is 0 Å². The first-order valence-corrected chi connectivity index (χ1v) is 8.52. The third kappa shape index (κ3) is 3.93. The molecule has 0 bridgehead atoms. The van der Waals surface area contributed by atoms with Crippen LogP contribution in [-0.2, 0) is 10.0 Å². The molecule has 112 valence electrons. The highest BCUT2D eigenvalue weighted by Crippen LogP contribution is 2.26. The molecule has 1 aliphatic rings. The molecule has 1 saturated carbocycles. The van der Waals surface area contributed by atoms with E-state index in [1.807, 2.05) is 0 Å². The van der Waals surface area contributed by atoms with Crippen LogP contribution in [0.5, 0.6) is 0 Å². The van der Waals surface area contributed by atoms with E-state index in [4.69, 9.17) is 5.73 Å². The zero-order valence-electron chi connectivity index (χ0n) is 11.4. The fourth-order valence-corrected chi connectivity index (χ4v) is 3.73. The number of anilines is 1. The summed E-state index contributed by atoms with van der Waals surface area (Å²) >= 11 is 0. The first kappa shape index (κ1) is 15.3. The quantitative estimate of drug-likeness (QED) is 0.821. The number of rotatable bonds is 5. The number of nitrogens with one attached hydrogen (secondary N) is 1. The fraction of sp³-hybridized carbons (Fsp3) is 0.571. The number of benzene rings is 1. The summed E-state index contributed by atoms with van der Waals surface area (Å²) in [6, 6.07) is 3.46. The van der Waals surface area contributed by atoms with Crippen molar-refractivity contribution in [2.45, 2.75) is 43.4 Å². The van der Waals surface area contributed by atoms with Crippen molar-refractivity contribution in [2.75, 3.05) is 12.3 Å². The van der Waals surface area contributed by atoms with Crippen LogP contribution >= 0.6 is 0 Å². The summed E-state index contributed by atoms with van der Waals surface area (Å²) in [6.45, 7) is 0.421. The van der Waals surface area contributed by atoms with Crippen LogP contribution in [0.3, 0.4) is 0 Å². The van der Waals surface area contributed by atoms with E-state index in [2.05, 4.69) is 4.72 Å². The second kappa shape index (κ2) is 6.54. The summed E-state index contributed by atoms with van der Waals surface area (Å²) in [5.74, 6) is 0.0101. The highest BCUT2D eigenvalue weighted by molar-refractivity contribution is 7.89. The lowest BCUT2D eigenvalue weighted by Gasteiger charge is -2.21. The van der Waals surface area contributed by atoms with Gasteiger partial charge in [0, 0.05) is 6.54 Å². The van der Waals surface area contributed by atoms with E-state index < -0.39 is 15.8 Å². The molecule has 0 amide bonds. The Morgan fingerprint density at radius 2 is 1.95 bits per heavy atom. The third-order valence-electron chi connectivity index (χ3n) is 3.85. The molecular weight excluding hydrogens is 279 g/mol. The second-order valence-corrected chi connectivity index (χ2v) is 7.14. The Balaban J connectivity index is 1.91. The smallest absolute Gasteiger partial charge is 0.240 e. The molecule has 0 aromatic heterocycles. The monoisotopic (exact) mass is 300 g/mol. The Morgan fingerprint density at radius 3 is 2.60 bits per heavy atom. The van der Waals surface area contributed by atoms with E-state index in [0.717, 1.165) is 18.6 Å². The summed E-state index contributed by atoms with van der Waals surface area (Å²) in [5.41, 5.74) is 5.24. The Bertz CT molecular complexity index is 554. The van der Waals surface area contributed by atoms with Crippen LogP contribution in [0.15, 0.2) is 23.1 Å². The maximum atomic E-state index is 13.0. The van der Waals surface area contributed by atoms with Crippen molar-refractivity contribution in [3.05, 3.63) is 24.0 Å². The first-order valence-electron chi connectivity index (χ1n) is 7.04. The van der Waals surface area contributed by atoms with Crippen molar-refractivity contribution in [1.29, 1.82) is 0 Å². The van der Waals surface area contributed by atoms with Gasteiger partial charge in [-0.25, -0.2) is 17.5 Å². The zero-order valence-corrected chi connectivity index (χ0v) is 12.3. The highest BCUT2D eigenvalue weighted by Gasteiger charge is 2.17. The van der Waals surface area contributed by atoms with Gasteiger partial charge >= 0.3 is 0 Å². The third-order valence-corrected chi connectivity index (χ3v) is 5.31. The maximum Gasteiger partial charge on any atom is 0.240 e. The van der Waals surface area contributed by atoms with Crippen molar-refractivity contribution in [2.24, 2.45) is 5.92 Å². The zero-order chi connectivity index (χ0) is 14.6. The van der Waals surface area contributed by atoms with Crippen LogP contribution in [0.2, 0.25) is 0 Å². The van der Waals surface area contributed by atoms with Gasteiger partial charge in [-0.1, -0.05) is 32.1 Å². The van der Waals surface area contributed by atoms with Gasteiger partial charge in [0.1, 0.15) is 5.82 Å². The van der Waals surface area contributed by atoms with Gasteiger partial charge in [0.25, 0.3) is 0 Å². The van der Waals surface area contributed by atoms with Crippen LogP contribution in [0.1, 0.15) is 38.5 Å². The van der Waals surface area contributed by atoms with Crippen molar-refractivity contribution in [1.82, 2.24) is 4.72 Å². The summed E-state index contributed by atoms with van der Waals surface area (Å²) in [6.07, 6.45) is 7.00. The number of sulfonamides is 1. The van der Waals surface area contributed by atoms with E-state index in [-0.39, 0.29) is 10.6 Å². The maximum absolute atomic E-state index is 13.0. The number of nitrogen functional groups attached to an aromatic ring is 1. The molecule has 0 unspecified atom stereocenters. The van der Waals surface area contributed by atoms with Gasteiger partial charge in [-0.15, -0.1) is 0 Å². The molecule has 1 aliphatic carbocycles. The number of nitrogens with two attached hydrogens (primary N) is 1. The summed E-state index contributed by atoms with van der Waals surface area (Å²) in [5, 5.41) is 0. The average Bonchev–Trinajstić information content (AvgIpc) is 2.43. The number of hydrogen-bond acceptors (Lipinski definition) is 3. The lowest BCUT2D eigenvalue weighted by atomic mass is 9.87. The minimum Gasteiger partial charge on any atom is -0.396 e. The molecule has 2 rings (SSSR count). The van der Waals surface area contributed by atoms with Crippen molar-refractivity contribution in [3.8, 4) is 0 Å². The van der Waals surface area contributed by atoms with Gasteiger partial charge in [0.05, 0.1) is 10.6 Å². The molecule has 0 atom stereocenters. The Kier molecular flexibility index (Phi) is 4.99. The van der Waals surface area contributed by atoms with Gasteiger partial charge in [-0.3, -0.25) is 0 Å². The molecular formula is C14H21FN2O2S. The highest BCUT2D eigenvalue weighted by atomic mass is 32.2. The molecule has 0 saturated heterocycles. The van der Waals surface area contributed by atoms with Crippen LogP contribution in [0.4, 0.5) is 10.1 Å². The average molecular weight is 300 g/mol. The number of hydrogen-bond donors (Lipinski definition) is 2. The molecule has 1 aromatic carbocycles. The van der Waals surface area contributed by atoms with Gasteiger partial charge in [0.2, 0.25) is 10.0 Å². The summed E-state index contributed by atoms with van der Waals surface area (Å²) in [7, 11) is -3.60. The van der Waals surface area contributed by atoms with Crippen molar-refractivity contribution >= 4 is 15.7 Å². The van der Waals surface area contributed by atoms with Gasteiger partial charge in [-0.2, -0.15) is 0 Å². The second-order valence-electron chi connectivity index (χ2n) is 5.37. The van der Waals surface area contributed by atoms with Crippen LogP contribution < -0.4 is 10.5 Å². The van der Waals surface area contributed by atoms with Gasteiger partial charge in [-0.05, 0) is 30.5 Å². The molecule has 0 aliphatic heterocycles. The lowest BCUT2D eigenvalue weighted by Crippen LogP contribution is -2.26. The molecule has 6 heteroatoms. The Morgan fingerprint density at radius 1 is 1.25 bits per heavy atom. The molecule has 1 fully saturated rings. The van der Waals surface area contributed by atoms with Crippen LogP contribution in [0, 0.1) is 11.7 Å². The van der Waals surface area contributed by atoms with E-state index >= 15 is 0 Å². The van der Waals surface area contributed by atoms with Crippen molar-refractivity contribution in [3.63, 3.8) is 0 Å². The topological polar surface area (TPSA) is 72.2 Å². The standard InChI is InChI=1S/C14H21FN2O2S/c15-13-7-6-12(10-14(13)16)20(18,19)17-9-8-11-4-2-1-3-5-11/h6-7,10-11,17H,1-5,8-9,16H2. The summed E-state index contributed by atoms with van der Waals surface area (Å²) < 4.78 is 39.7. The SMILES string of the molecule is Nc1cc(S(=O)(=O)NCCC2CCCCC2)ccc1F. The molecule has 4 nitrogen and oxygen atoms in total. The Hall–Kier alpha value is -1.14. The minimum absolute atomic E-state index is 0.0139. The van der Waals surface area contributed by atoms with Crippen LogP contribution in [0.25, 0.3) is 0 Å². The largest absolute Gasteiger partial charge is 0.396 e. The number of halogens is 1. The minimum atomic E-state index is -3.60. The van der Waals surface area contributed by atoms with Crippen molar-refractivity contribution < 1.29 is 12.8 Å². The van der Waals surface area contributed by atoms with E-state index in [0.29, 0.717) is 12.5 Å². The summed E-state index contributed by atoms with van der Waals surface area (Å²) in [4.78, 5) is 0.0139. The normalized spacial score (nSPS) is 17.2. The van der Waals surface area contributed by atoms with E-state index in [9.17, 15) is 12.8 Å².